The van der Waals surface area contributed by atoms with Crippen LogP contribution in [0.15, 0.2) is 41.2 Å². The molecule has 0 spiro atoms. The summed E-state index contributed by atoms with van der Waals surface area (Å²) < 4.78 is 18.0. The average molecular weight is 277 g/mol. The van der Waals surface area contributed by atoms with Gasteiger partial charge in [0.1, 0.15) is 5.82 Å². The zero-order valence-electron chi connectivity index (χ0n) is 11.1. The van der Waals surface area contributed by atoms with Crippen molar-refractivity contribution in [3.63, 3.8) is 0 Å². The normalized spacial score (nSPS) is 10.8. The average Bonchev–Trinajstić information content (AvgIpc) is 2.86. The quantitative estimate of drug-likeness (QED) is 0.821. The number of rotatable bonds is 5. The Morgan fingerprint density at radius 1 is 1.45 bits per heavy atom. The molecule has 0 saturated carbocycles. The Morgan fingerprint density at radius 3 is 2.95 bits per heavy atom. The maximum Gasteiger partial charge on any atom is 0.238 e. The number of carbonyl (C=O) groups excluding carboxylic acids is 1. The van der Waals surface area contributed by atoms with E-state index in [1.54, 1.807) is 12.5 Å². The molecule has 0 aliphatic rings. The van der Waals surface area contributed by atoms with E-state index in [0.29, 0.717) is 12.2 Å². The number of benzene rings is 1. The molecule has 2 rings (SSSR count). The summed E-state index contributed by atoms with van der Waals surface area (Å²) in [6.45, 7) is 0.754. The van der Waals surface area contributed by atoms with Crippen LogP contribution in [0.25, 0.3) is 0 Å². The van der Waals surface area contributed by atoms with Crippen LogP contribution >= 0.6 is 0 Å². The van der Waals surface area contributed by atoms with Gasteiger partial charge in [0.05, 0.1) is 30.4 Å². The summed E-state index contributed by atoms with van der Waals surface area (Å²) in [5, 5.41) is 2.59. The van der Waals surface area contributed by atoms with Crippen LogP contribution in [0.5, 0.6) is 0 Å². The molecule has 0 aliphatic carbocycles. The van der Waals surface area contributed by atoms with Crippen LogP contribution in [0.4, 0.5) is 15.8 Å². The number of anilines is 2. The van der Waals surface area contributed by atoms with E-state index in [4.69, 9.17) is 10.2 Å². The van der Waals surface area contributed by atoms with Crippen molar-refractivity contribution in [2.24, 2.45) is 0 Å². The van der Waals surface area contributed by atoms with Gasteiger partial charge in [-0.25, -0.2) is 4.39 Å². The van der Waals surface area contributed by atoms with Crippen molar-refractivity contribution in [1.29, 1.82) is 0 Å². The molecular weight excluding hydrogens is 261 g/mol. The van der Waals surface area contributed by atoms with Gasteiger partial charge < -0.3 is 15.5 Å². The molecule has 1 heterocycles. The summed E-state index contributed by atoms with van der Waals surface area (Å²) in [6.07, 6.45) is 3.20. The van der Waals surface area contributed by atoms with Crippen LogP contribution in [-0.4, -0.2) is 24.4 Å². The maximum absolute atomic E-state index is 13.1. The fourth-order valence-corrected chi connectivity index (χ4v) is 1.82. The molecule has 0 aliphatic heterocycles. The molecule has 20 heavy (non-hydrogen) atoms. The third-order valence-electron chi connectivity index (χ3n) is 2.74. The van der Waals surface area contributed by atoms with Gasteiger partial charge in [0, 0.05) is 12.1 Å². The molecule has 2 aromatic rings. The third kappa shape index (κ3) is 3.83. The van der Waals surface area contributed by atoms with Crippen molar-refractivity contribution in [2.75, 3.05) is 24.6 Å². The molecule has 106 valence electrons. The first-order valence-electron chi connectivity index (χ1n) is 6.09. The van der Waals surface area contributed by atoms with Gasteiger partial charge in [-0.05, 0) is 31.3 Å². The molecule has 0 unspecified atom stereocenters. The number of hydrogen-bond acceptors (Lipinski definition) is 4. The molecule has 0 atom stereocenters. The minimum absolute atomic E-state index is 0.168. The van der Waals surface area contributed by atoms with Crippen LogP contribution in [0.1, 0.15) is 5.56 Å². The number of furan rings is 1. The second-order valence-electron chi connectivity index (χ2n) is 4.58. The van der Waals surface area contributed by atoms with Crippen molar-refractivity contribution in [3.8, 4) is 0 Å². The molecule has 0 radical (unpaired) electrons. The molecule has 0 bridgehead atoms. The number of nitrogen functional groups attached to an aromatic ring is 1. The minimum atomic E-state index is -0.443. The van der Waals surface area contributed by atoms with Gasteiger partial charge >= 0.3 is 0 Å². The van der Waals surface area contributed by atoms with Gasteiger partial charge in [-0.2, -0.15) is 0 Å². The predicted molar refractivity (Wildman–Crippen MR) is 74.5 cm³/mol. The van der Waals surface area contributed by atoms with Crippen LogP contribution < -0.4 is 11.1 Å². The third-order valence-corrected chi connectivity index (χ3v) is 2.74. The largest absolute Gasteiger partial charge is 0.472 e. The first-order chi connectivity index (χ1) is 9.54. The zero-order chi connectivity index (χ0) is 14.5. The van der Waals surface area contributed by atoms with Gasteiger partial charge in [-0.3, -0.25) is 9.69 Å². The van der Waals surface area contributed by atoms with E-state index in [1.165, 1.54) is 18.2 Å². The lowest BCUT2D eigenvalue weighted by Gasteiger charge is -2.15. The van der Waals surface area contributed by atoms with Gasteiger partial charge in [0.15, 0.2) is 0 Å². The molecule has 3 N–H and O–H groups in total. The molecule has 5 nitrogen and oxygen atoms in total. The maximum atomic E-state index is 13.1. The molecule has 0 fully saturated rings. The van der Waals surface area contributed by atoms with Crippen molar-refractivity contribution in [1.82, 2.24) is 4.90 Å². The fourth-order valence-electron chi connectivity index (χ4n) is 1.82. The lowest BCUT2D eigenvalue weighted by Crippen LogP contribution is -2.30. The first kappa shape index (κ1) is 14.1. The molecule has 6 heteroatoms. The Balaban J connectivity index is 1.90. The van der Waals surface area contributed by atoms with Crippen LogP contribution in [0, 0.1) is 5.82 Å². The summed E-state index contributed by atoms with van der Waals surface area (Å²) in [5.74, 6) is -0.699. The van der Waals surface area contributed by atoms with E-state index in [2.05, 4.69) is 5.32 Å². The molecule has 1 amide bonds. The van der Waals surface area contributed by atoms with Gasteiger partial charge in [0.25, 0.3) is 0 Å². The van der Waals surface area contributed by atoms with Crippen LogP contribution in [-0.2, 0) is 11.3 Å². The van der Waals surface area contributed by atoms with Crippen molar-refractivity contribution in [2.45, 2.75) is 6.54 Å². The smallest absolute Gasteiger partial charge is 0.238 e. The summed E-state index contributed by atoms with van der Waals surface area (Å²) in [7, 11) is 1.81. The van der Waals surface area contributed by atoms with E-state index in [0.717, 1.165) is 5.56 Å². The van der Waals surface area contributed by atoms with Crippen LogP contribution in [0.2, 0.25) is 0 Å². The van der Waals surface area contributed by atoms with Crippen molar-refractivity contribution in [3.05, 3.63) is 48.2 Å². The van der Waals surface area contributed by atoms with Gasteiger partial charge in [-0.1, -0.05) is 0 Å². The van der Waals surface area contributed by atoms with Gasteiger partial charge in [-0.15, -0.1) is 0 Å². The summed E-state index contributed by atoms with van der Waals surface area (Å²) >= 11 is 0. The second-order valence-corrected chi connectivity index (χ2v) is 4.58. The van der Waals surface area contributed by atoms with Gasteiger partial charge in [0.2, 0.25) is 5.91 Å². The second kappa shape index (κ2) is 6.21. The Hall–Kier alpha value is -2.34. The lowest BCUT2D eigenvalue weighted by atomic mass is 10.2. The van der Waals surface area contributed by atoms with Crippen LogP contribution in [0.3, 0.4) is 0 Å². The monoisotopic (exact) mass is 277 g/mol. The summed E-state index contributed by atoms with van der Waals surface area (Å²) in [4.78, 5) is 13.7. The summed E-state index contributed by atoms with van der Waals surface area (Å²) in [6, 6.07) is 5.69. The number of hydrogen-bond donors (Lipinski definition) is 2. The van der Waals surface area contributed by atoms with E-state index in [1.807, 2.05) is 18.0 Å². The molecule has 0 saturated heterocycles. The fraction of sp³-hybridized carbons (Fsp3) is 0.214. The molecular formula is C14H16FN3O2. The minimum Gasteiger partial charge on any atom is -0.472 e. The molecule has 1 aromatic heterocycles. The van der Waals surface area contributed by atoms with E-state index < -0.39 is 5.82 Å². The van der Waals surface area contributed by atoms with E-state index in [9.17, 15) is 9.18 Å². The lowest BCUT2D eigenvalue weighted by molar-refractivity contribution is -0.117. The zero-order valence-corrected chi connectivity index (χ0v) is 11.1. The highest BCUT2D eigenvalue weighted by atomic mass is 19.1. The highest BCUT2D eigenvalue weighted by molar-refractivity contribution is 5.95. The number of halogens is 1. The van der Waals surface area contributed by atoms with E-state index >= 15 is 0 Å². The highest BCUT2D eigenvalue weighted by Crippen LogP contribution is 2.19. The van der Waals surface area contributed by atoms with Crippen molar-refractivity contribution < 1.29 is 13.6 Å². The molecule has 1 aromatic carbocycles. The Labute approximate surface area is 116 Å². The Bertz CT molecular complexity index is 584. The number of nitrogens with zero attached hydrogens (tertiary/aromatic N) is 1. The van der Waals surface area contributed by atoms with E-state index in [-0.39, 0.29) is 18.1 Å². The topological polar surface area (TPSA) is 71.5 Å². The highest BCUT2D eigenvalue weighted by Gasteiger charge is 2.10. The van der Waals surface area contributed by atoms with Crippen molar-refractivity contribution >= 4 is 17.3 Å². The summed E-state index contributed by atoms with van der Waals surface area (Å²) in [5.41, 5.74) is 7.26. The Morgan fingerprint density at radius 2 is 2.25 bits per heavy atom. The number of amides is 1. The Kier molecular flexibility index (Phi) is 4.37. The SMILES string of the molecule is CN(CC(=O)Nc1cc(F)ccc1N)Cc1ccoc1. The number of likely N-dealkylation sites (N-methyl/N-ethyl adjacent to an activating group) is 1. The first-order valence-corrected chi connectivity index (χ1v) is 6.09. The number of nitrogens with two attached hydrogens (primary N) is 1. The number of nitrogens with one attached hydrogen (secondary N) is 1. The standard InChI is InChI=1S/C14H16FN3O2/c1-18(7-10-4-5-20-9-10)8-14(19)17-13-6-11(15)2-3-12(13)16/h2-6,9H,7-8,16H2,1H3,(H,17,19). The number of carbonyl (C=O) groups is 1. The predicted octanol–water partition coefficient (Wildman–Crippen LogP) is 2.07.